The summed E-state index contributed by atoms with van der Waals surface area (Å²) in [7, 11) is 4.61. The zero-order valence-electron chi connectivity index (χ0n) is 22.2. The van der Waals surface area contributed by atoms with Gasteiger partial charge >= 0.3 is 0 Å². The van der Waals surface area contributed by atoms with Gasteiger partial charge in [-0.1, -0.05) is 35.5 Å². The number of carbonyl (C=O) groups is 3. The second-order valence-corrected chi connectivity index (χ2v) is 10.1. The van der Waals surface area contributed by atoms with Crippen molar-refractivity contribution >= 4 is 52.5 Å². The molecule has 3 aromatic carbocycles. The Kier molecular flexibility index (Phi) is 9.70. The first-order valence-corrected chi connectivity index (χ1v) is 13.5. The zero-order valence-corrected chi connectivity index (χ0v) is 23.7. The van der Waals surface area contributed by atoms with E-state index in [1.54, 1.807) is 80.9 Å². The van der Waals surface area contributed by atoms with E-state index >= 15 is 0 Å². The molecule has 4 rings (SSSR count). The number of amides is 3. The third-order valence-electron chi connectivity index (χ3n) is 5.92. The summed E-state index contributed by atoms with van der Waals surface area (Å²) in [6.45, 7) is 0.610. The standard InChI is InChI=1S/C29H28ClN3O6S/c1-37-14-6-13-33-28(35)25(32-23-12-11-21(38-2)17-24(23)39-3)26(29(33)36)40-22-10-5-9-20(16-22)31-27(34)18-7-4-8-19(30)15-18/h4-5,7-12,15-17,32H,6,13-14H2,1-3H3,(H,31,34). The van der Waals surface area contributed by atoms with Gasteiger partial charge in [-0.05, 0) is 55.0 Å². The summed E-state index contributed by atoms with van der Waals surface area (Å²) >= 11 is 7.15. The normalized spacial score (nSPS) is 13.1. The number of halogens is 1. The molecule has 1 aliphatic rings. The van der Waals surface area contributed by atoms with Gasteiger partial charge in [-0.25, -0.2) is 0 Å². The van der Waals surface area contributed by atoms with Crippen molar-refractivity contribution in [2.45, 2.75) is 11.3 Å². The highest BCUT2D eigenvalue weighted by molar-refractivity contribution is 8.04. The lowest BCUT2D eigenvalue weighted by atomic mass is 10.2. The quantitative estimate of drug-likeness (QED) is 0.215. The Morgan fingerprint density at radius 1 is 0.950 bits per heavy atom. The molecule has 2 N–H and O–H groups in total. The summed E-state index contributed by atoms with van der Waals surface area (Å²) < 4.78 is 15.8. The van der Waals surface area contributed by atoms with Crippen molar-refractivity contribution in [2.75, 3.05) is 45.1 Å². The van der Waals surface area contributed by atoms with Crippen molar-refractivity contribution in [1.82, 2.24) is 4.90 Å². The number of methoxy groups -OCH3 is 3. The summed E-state index contributed by atoms with van der Waals surface area (Å²) in [5.41, 5.74) is 1.56. The summed E-state index contributed by atoms with van der Waals surface area (Å²) in [6, 6.07) is 18.8. The second-order valence-electron chi connectivity index (χ2n) is 8.60. The molecule has 1 aliphatic heterocycles. The van der Waals surface area contributed by atoms with Crippen molar-refractivity contribution in [3.05, 3.63) is 87.9 Å². The van der Waals surface area contributed by atoms with Gasteiger partial charge in [0.15, 0.2) is 0 Å². The van der Waals surface area contributed by atoms with Crippen molar-refractivity contribution in [2.24, 2.45) is 0 Å². The average Bonchev–Trinajstić information content (AvgIpc) is 3.17. The summed E-state index contributed by atoms with van der Waals surface area (Å²) in [6.07, 6.45) is 0.496. The molecule has 0 bridgehead atoms. The summed E-state index contributed by atoms with van der Waals surface area (Å²) in [5.74, 6) is -0.173. The molecule has 0 atom stereocenters. The fourth-order valence-electron chi connectivity index (χ4n) is 3.95. The molecule has 0 radical (unpaired) electrons. The number of thioether (sulfide) groups is 1. The van der Waals surface area contributed by atoms with Crippen molar-refractivity contribution in [3.8, 4) is 11.5 Å². The fraction of sp³-hybridized carbons (Fsp3) is 0.207. The molecule has 208 valence electrons. The van der Waals surface area contributed by atoms with Gasteiger partial charge in [0.1, 0.15) is 22.1 Å². The lowest BCUT2D eigenvalue weighted by molar-refractivity contribution is -0.137. The van der Waals surface area contributed by atoms with Crippen LogP contribution >= 0.6 is 23.4 Å². The van der Waals surface area contributed by atoms with Gasteiger partial charge in [0.2, 0.25) is 0 Å². The van der Waals surface area contributed by atoms with E-state index < -0.39 is 11.8 Å². The molecule has 3 amide bonds. The van der Waals surface area contributed by atoms with Gasteiger partial charge in [-0.15, -0.1) is 0 Å². The SMILES string of the molecule is COCCCN1C(=O)C(Nc2ccc(OC)cc2OC)=C(Sc2cccc(NC(=O)c3cccc(Cl)c3)c2)C1=O. The van der Waals surface area contributed by atoms with E-state index in [4.69, 9.17) is 25.8 Å². The van der Waals surface area contributed by atoms with Gasteiger partial charge in [0, 0.05) is 47.5 Å². The monoisotopic (exact) mass is 581 g/mol. The molecule has 9 nitrogen and oxygen atoms in total. The number of ether oxygens (including phenoxy) is 3. The van der Waals surface area contributed by atoms with Crippen LogP contribution < -0.4 is 20.1 Å². The molecule has 0 saturated heterocycles. The van der Waals surface area contributed by atoms with Gasteiger partial charge in [-0.3, -0.25) is 19.3 Å². The third-order valence-corrected chi connectivity index (χ3v) is 7.23. The number of nitrogens with zero attached hydrogens (tertiary/aromatic N) is 1. The van der Waals surface area contributed by atoms with Gasteiger partial charge in [0.25, 0.3) is 17.7 Å². The lowest BCUT2D eigenvalue weighted by Gasteiger charge is -2.15. The Hall–Kier alpha value is -3.99. The molecule has 3 aromatic rings. The van der Waals surface area contributed by atoms with Crippen LogP contribution in [-0.2, 0) is 14.3 Å². The average molecular weight is 582 g/mol. The van der Waals surface area contributed by atoms with Gasteiger partial charge < -0.3 is 24.8 Å². The maximum absolute atomic E-state index is 13.5. The molecule has 11 heteroatoms. The van der Waals surface area contributed by atoms with Crippen molar-refractivity contribution in [3.63, 3.8) is 0 Å². The number of imide groups is 1. The Bertz CT molecular complexity index is 1460. The molecule has 0 saturated carbocycles. The molecule has 0 fully saturated rings. The van der Waals surface area contributed by atoms with E-state index in [1.807, 2.05) is 0 Å². The minimum Gasteiger partial charge on any atom is -0.497 e. The van der Waals surface area contributed by atoms with Crippen LogP contribution in [0, 0.1) is 0 Å². The van der Waals surface area contributed by atoms with Gasteiger partial charge in [0.05, 0.1) is 19.9 Å². The lowest BCUT2D eigenvalue weighted by Crippen LogP contribution is -2.33. The van der Waals surface area contributed by atoms with E-state index in [0.717, 1.165) is 11.8 Å². The van der Waals surface area contributed by atoms with Crippen LogP contribution in [0.2, 0.25) is 5.02 Å². The molecule has 0 aliphatic carbocycles. The number of hydrogen-bond donors (Lipinski definition) is 2. The topological polar surface area (TPSA) is 106 Å². The van der Waals surface area contributed by atoms with E-state index in [0.29, 0.717) is 51.4 Å². The Balaban J connectivity index is 1.63. The maximum Gasteiger partial charge on any atom is 0.278 e. The van der Waals surface area contributed by atoms with Crippen LogP contribution in [0.4, 0.5) is 11.4 Å². The number of anilines is 2. The number of nitrogens with one attached hydrogen (secondary N) is 2. The van der Waals surface area contributed by atoms with Crippen LogP contribution in [0.5, 0.6) is 11.5 Å². The van der Waals surface area contributed by atoms with Crippen LogP contribution in [0.25, 0.3) is 0 Å². The molecule has 0 aromatic heterocycles. The zero-order chi connectivity index (χ0) is 28.6. The predicted molar refractivity (Wildman–Crippen MR) is 155 cm³/mol. The summed E-state index contributed by atoms with van der Waals surface area (Å²) in [5, 5.41) is 6.41. The first-order valence-electron chi connectivity index (χ1n) is 12.3. The van der Waals surface area contributed by atoms with Gasteiger partial charge in [-0.2, -0.15) is 0 Å². The Morgan fingerprint density at radius 3 is 2.48 bits per heavy atom. The predicted octanol–water partition coefficient (Wildman–Crippen LogP) is 5.43. The highest BCUT2D eigenvalue weighted by Gasteiger charge is 2.39. The summed E-state index contributed by atoms with van der Waals surface area (Å²) in [4.78, 5) is 41.7. The maximum atomic E-state index is 13.5. The van der Waals surface area contributed by atoms with Crippen molar-refractivity contribution < 1.29 is 28.6 Å². The van der Waals surface area contributed by atoms with E-state index in [-0.39, 0.29) is 23.1 Å². The largest absolute Gasteiger partial charge is 0.497 e. The minimum absolute atomic E-state index is 0.129. The van der Waals surface area contributed by atoms with E-state index in [2.05, 4.69) is 10.6 Å². The molecule has 40 heavy (non-hydrogen) atoms. The van der Waals surface area contributed by atoms with E-state index in [9.17, 15) is 14.4 Å². The first-order chi connectivity index (χ1) is 19.3. The molecular formula is C29H28ClN3O6S. The van der Waals surface area contributed by atoms with E-state index in [1.165, 1.54) is 12.0 Å². The smallest absolute Gasteiger partial charge is 0.278 e. The molecular weight excluding hydrogens is 554 g/mol. The Morgan fingerprint density at radius 2 is 1.75 bits per heavy atom. The number of benzene rings is 3. The minimum atomic E-state index is -0.452. The fourth-order valence-corrected chi connectivity index (χ4v) is 5.15. The third kappa shape index (κ3) is 6.77. The number of rotatable bonds is 12. The molecule has 0 unspecified atom stereocenters. The highest BCUT2D eigenvalue weighted by Crippen LogP contribution is 2.38. The van der Waals surface area contributed by atoms with Crippen LogP contribution in [0.15, 0.2) is 82.2 Å². The molecule has 1 heterocycles. The van der Waals surface area contributed by atoms with Crippen LogP contribution in [0.3, 0.4) is 0 Å². The van der Waals surface area contributed by atoms with Crippen LogP contribution in [-0.4, -0.2) is 57.1 Å². The highest BCUT2D eigenvalue weighted by atomic mass is 35.5. The number of carbonyl (C=O) groups excluding carboxylic acids is 3. The number of hydrogen-bond acceptors (Lipinski definition) is 8. The second kappa shape index (κ2) is 13.4. The molecule has 0 spiro atoms. The Labute approximate surface area is 241 Å². The van der Waals surface area contributed by atoms with Crippen LogP contribution in [0.1, 0.15) is 16.8 Å². The van der Waals surface area contributed by atoms with Crippen molar-refractivity contribution in [1.29, 1.82) is 0 Å². The first kappa shape index (κ1) is 29.0.